The van der Waals surface area contributed by atoms with Crippen LogP contribution in [0.15, 0.2) is 18.2 Å². The molecule has 0 aliphatic carbocycles. The zero-order valence-corrected chi connectivity index (χ0v) is 12.3. The van der Waals surface area contributed by atoms with Crippen molar-refractivity contribution in [1.82, 2.24) is 0 Å². The highest BCUT2D eigenvalue weighted by atomic mass is 35.5. The van der Waals surface area contributed by atoms with E-state index >= 15 is 0 Å². The lowest BCUT2D eigenvalue weighted by molar-refractivity contribution is 0.0272. The molecule has 1 N–H and O–H groups in total. The van der Waals surface area contributed by atoms with Crippen molar-refractivity contribution < 1.29 is 14.2 Å². The average molecular weight is 288 g/mol. The molecule has 0 saturated heterocycles. The Morgan fingerprint density at radius 2 is 1.74 bits per heavy atom. The summed E-state index contributed by atoms with van der Waals surface area (Å²) in [5.41, 5.74) is 2.09. The molecular weight excluding hydrogens is 266 g/mol. The van der Waals surface area contributed by atoms with Gasteiger partial charge in [0, 0.05) is 24.4 Å². The molecule has 108 valence electrons. The van der Waals surface area contributed by atoms with Crippen molar-refractivity contribution in [1.29, 1.82) is 0 Å². The van der Waals surface area contributed by atoms with Gasteiger partial charge in [-0.2, -0.15) is 0 Å². The van der Waals surface area contributed by atoms with E-state index in [9.17, 15) is 0 Å². The Morgan fingerprint density at radius 3 is 2.42 bits per heavy atom. The number of hydrogen-bond donors (Lipinski definition) is 1. The molecule has 0 atom stereocenters. The van der Waals surface area contributed by atoms with Crippen LogP contribution in [0, 0.1) is 6.92 Å². The molecule has 5 heteroatoms. The number of hydrogen-bond acceptors (Lipinski definition) is 4. The fourth-order valence-corrected chi connectivity index (χ4v) is 1.62. The van der Waals surface area contributed by atoms with Gasteiger partial charge in [-0.15, -0.1) is 0 Å². The molecule has 0 saturated carbocycles. The number of ether oxygens (including phenoxy) is 3. The van der Waals surface area contributed by atoms with Crippen molar-refractivity contribution in [2.75, 3.05) is 52.0 Å². The summed E-state index contributed by atoms with van der Waals surface area (Å²) in [6.07, 6.45) is 0. The van der Waals surface area contributed by atoms with Crippen LogP contribution in [0.2, 0.25) is 5.02 Å². The maximum absolute atomic E-state index is 6.04. The first-order valence-electron chi connectivity index (χ1n) is 6.38. The summed E-state index contributed by atoms with van der Waals surface area (Å²) in [5.74, 6) is 0. The van der Waals surface area contributed by atoms with Crippen molar-refractivity contribution in [3.8, 4) is 0 Å². The van der Waals surface area contributed by atoms with Crippen LogP contribution in [0.1, 0.15) is 5.56 Å². The van der Waals surface area contributed by atoms with Gasteiger partial charge >= 0.3 is 0 Å². The lowest BCUT2D eigenvalue weighted by Gasteiger charge is -2.09. The van der Waals surface area contributed by atoms with Crippen LogP contribution in [0.25, 0.3) is 0 Å². The predicted octanol–water partition coefficient (Wildman–Crippen LogP) is 2.74. The van der Waals surface area contributed by atoms with Gasteiger partial charge in [-0.05, 0) is 24.6 Å². The minimum Gasteiger partial charge on any atom is -0.383 e. The monoisotopic (exact) mass is 287 g/mol. The van der Waals surface area contributed by atoms with E-state index in [1.807, 2.05) is 25.1 Å². The molecule has 19 heavy (non-hydrogen) atoms. The van der Waals surface area contributed by atoms with Crippen molar-refractivity contribution in [2.45, 2.75) is 6.92 Å². The second kappa shape index (κ2) is 10.0. The standard InChI is InChI=1S/C14H22ClNO3/c1-12-3-4-13(11-14(12)15)16-5-6-18-9-10-19-8-7-17-2/h3-4,11,16H,5-10H2,1-2H3. The third kappa shape index (κ3) is 7.38. The highest BCUT2D eigenvalue weighted by Crippen LogP contribution is 2.19. The molecule has 4 nitrogen and oxygen atoms in total. The number of nitrogens with one attached hydrogen (secondary N) is 1. The molecule has 0 fully saturated rings. The van der Waals surface area contributed by atoms with Crippen LogP contribution in [0.3, 0.4) is 0 Å². The summed E-state index contributed by atoms with van der Waals surface area (Å²) < 4.78 is 15.6. The molecule has 0 radical (unpaired) electrons. The maximum atomic E-state index is 6.04. The zero-order chi connectivity index (χ0) is 13.9. The molecule has 0 bridgehead atoms. The van der Waals surface area contributed by atoms with E-state index in [0.717, 1.165) is 22.8 Å². The molecule has 1 aromatic carbocycles. The number of methoxy groups -OCH3 is 1. The van der Waals surface area contributed by atoms with Gasteiger partial charge in [0.25, 0.3) is 0 Å². The van der Waals surface area contributed by atoms with E-state index in [4.69, 9.17) is 25.8 Å². The minimum absolute atomic E-state index is 0.597. The van der Waals surface area contributed by atoms with Gasteiger partial charge in [-0.25, -0.2) is 0 Å². The Morgan fingerprint density at radius 1 is 1.05 bits per heavy atom. The van der Waals surface area contributed by atoms with E-state index < -0.39 is 0 Å². The maximum Gasteiger partial charge on any atom is 0.0701 e. The first-order chi connectivity index (χ1) is 9.24. The molecular formula is C14H22ClNO3. The van der Waals surface area contributed by atoms with Crippen molar-refractivity contribution in [2.24, 2.45) is 0 Å². The number of benzene rings is 1. The molecule has 1 rings (SSSR count). The number of rotatable bonds is 10. The topological polar surface area (TPSA) is 39.7 Å². The summed E-state index contributed by atoms with van der Waals surface area (Å²) in [7, 11) is 1.66. The highest BCUT2D eigenvalue weighted by Gasteiger charge is 1.97. The summed E-state index contributed by atoms with van der Waals surface area (Å²) >= 11 is 6.04. The van der Waals surface area contributed by atoms with Gasteiger partial charge in [0.15, 0.2) is 0 Å². The van der Waals surface area contributed by atoms with Gasteiger partial charge in [-0.3, -0.25) is 0 Å². The van der Waals surface area contributed by atoms with Crippen molar-refractivity contribution in [3.63, 3.8) is 0 Å². The van der Waals surface area contributed by atoms with Gasteiger partial charge in [0.05, 0.1) is 33.0 Å². The van der Waals surface area contributed by atoms with Crippen LogP contribution < -0.4 is 5.32 Å². The predicted molar refractivity (Wildman–Crippen MR) is 78.2 cm³/mol. The van der Waals surface area contributed by atoms with E-state index in [-0.39, 0.29) is 0 Å². The molecule has 0 amide bonds. The van der Waals surface area contributed by atoms with Gasteiger partial charge in [-0.1, -0.05) is 17.7 Å². The molecule has 0 aromatic heterocycles. The Labute approximate surface area is 120 Å². The van der Waals surface area contributed by atoms with Gasteiger partial charge < -0.3 is 19.5 Å². The Kier molecular flexibility index (Phi) is 8.58. The van der Waals surface area contributed by atoms with E-state index in [2.05, 4.69) is 5.32 Å². The van der Waals surface area contributed by atoms with Gasteiger partial charge in [0.1, 0.15) is 0 Å². The van der Waals surface area contributed by atoms with E-state index in [1.165, 1.54) is 0 Å². The Hall–Kier alpha value is -0.810. The Bertz CT molecular complexity index is 361. The van der Waals surface area contributed by atoms with Crippen LogP contribution in [-0.2, 0) is 14.2 Å². The second-order valence-corrected chi connectivity index (χ2v) is 4.52. The van der Waals surface area contributed by atoms with Crippen molar-refractivity contribution in [3.05, 3.63) is 28.8 Å². The smallest absolute Gasteiger partial charge is 0.0701 e. The lowest BCUT2D eigenvalue weighted by atomic mass is 10.2. The van der Waals surface area contributed by atoms with Crippen LogP contribution >= 0.6 is 11.6 Å². The molecule has 0 aliphatic rings. The van der Waals surface area contributed by atoms with E-state index in [1.54, 1.807) is 7.11 Å². The largest absolute Gasteiger partial charge is 0.383 e. The molecule has 0 spiro atoms. The van der Waals surface area contributed by atoms with E-state index in [0.29, 0.717) is 33.0 Å². The average Bonchev–Trinajstić information content (AvgIpc) is 2.41. The summed E-state index contributed by atoms with van der Waals surface area (Å²) in [5, 5.41) is 4.03. The third-order valence-electron chi connectivity index (χ3n) is 2.55. The molecule has 0 heterocycles. The first-order valence-corrected chi connectivity index (χ1v) is 6.76. The minimum atomic E-state index is 0.597. The van der Waals surface area contributed by atoms with Crippen LogP contribution in [0.5, 0.6) is 0 Å². The van der Waals surface area contributed by atoms with Crippen LogP contribution in [0.4, 0.5) is 5.69 Å². The van der Waals surface area contributed by atoms with Gasteiger partial charge in [0.2, 0.25) is 0 Å². The lowest BCUT2D eigenvalue weighted by Crippen LogP contribution is -2.13. The number of aryl methyl sites for hydroxylation is 1. The summed E-state index contributed by atoms with van der Waals surface area (Å²) in [6.45, 7) is 5.80. The quantitative estimate of drug-likeness (QED) is 0.672. The van der Waals surface area contributed by atoms with Crippen LogP contribution in [-0.4, -0.2) is 46.7 Å². The fourth-order valence-electron chi connectivity index (χ4n) is 1.43. The normalized spacial score (nSPS) is 10.7. The number of halogens is 1. The second-order valence-electron chi connectivity index (χ2n) is 4.11. The fraction of sp³-hybridized carbons (Fsp3) is 0.571. The third-order valence-corrected chi connectivity index (χ3v) is 2.96. The zero-order valence-electron chi connectivity index (χ0n) is 11.6. The summed E-state index contributed by atoms with van der Waals surface area (Å²) in [4.78, 5) is 0. The summed E-state index contributed by atoms with van der Waals surface area (Å²) in [6, 6.07) is 5.93. The Balaban J connectivity index is 2.00. The SMILES string of the molecule is COCCOCCOCCNc1ccc(C)c(Cl)c1. The number of anilines is 1. The van der Waals surface area contributed by atoms with Crippen molar-refractivity contribution >= 4 is 17.3 Å². The molecule has 0 unspecified atom stereocenters. The molecule has 0 aliphatic heterocycles. The highest BCUT2D eigenvalue weighted by molar-refractivity contribution is 6.31. The first kappa shape index (κ1) is 16.2. The molecule has 1 aromatic rings.